The summed E-state index contributed by atoms with van der Waals surface area (Å²) < 4.78 is 10.9. The molecule has 1 aliphatic rings. The number of nitrogens with one attached hydrogen (secondary N) is 2. The number of ether oxygens (including phenoxy) is 2. The fourth-order valence-corrected chi connectivity index (χ4v) is 2.76. The molecule has 0 aliphatic carbocycles. The van der Waals surface area contributed by atoms with Crippen LogP contribution in [0.15, 0.2) is 59.4 Å². The average molecular weight is 348 g/mol. The Kier molecular flexibility index (Phi) is 4.15. The molecule has 1 aliphatic heterocycles. The van der Waals surface area contributed by atoms with Gasteiger partial charge in [0.25, 0.3) is 5.56 Å². The van der Waals surface area contributed by atoms with Crippen LogP contribution in [0.2, 0.25) is 0 Å². The molecule has 1 aromatic heterocycles. The maximum atomic E-state index is 12.1. The van der Waals surface area contributed by atoms with Gasteiger partial charge in [-0.05, 0) is 35.7 Å². The van der Waals surface area contributed by atoms with Gasteiger partial charge in [0.2, 0.25) is 5.91 Å². The van der Waals surface area contributed by atoms with Crippen molar-refractivity contribution in [3.05, 3.63) is 70.5 Å². The number of hydrogen-bond donors (Lipinski definition) is 2. The van der Waals surface area contributed by atoms with Crippen LogP contribution in [-0.2, 0) is 4.79 Å². The van der Waals surface area contributed by atoms with Gasteiger partial charge in [-0.15, -0.1) is 0 Å². The van der Waals surface area contributed by atoms with Crippen LogP contribution in [0.1, 0.15) is 5.56 Å². The fourth-order valence-electron chi connectivity index (χ4n) is 2.76. The van der Waals surface area contributed by atoms with Crippen molar-refractivity contribution in [2.75, 3.05) is 18.5 Å². The minimum absolute atomic E-state index is 0.243. The van der Waals surface area contributed by atoms with E-state index in [4.69, 9.17) is 9.47 Å². The number of carbonyl (C=O) groups excluding carboxylic acids is 1. The van der Waals surface area contributed by atoms with Gasteiger partial charge in [0.1, 0.15) is 13.2 Å². The first-order valence-electron chi connectivity index (χ1n) is 8.20. The lowest BCUT2D eigenvalue weighted by atomic mass is 10.1. The molecule has 0 saturated carbocycles. The van der Waals surface area contributed by atoms with E-state index >= 15 is 0 Å². The third-order valence-electron chi connectivity index (χ3n) is 4.01. The van der Waals surface area contributed by atoms with E-state index in [0.717, 1.165) is 10.9 Å². The third kappa shape index (κ3) is 3.30. The monoisotopic (exact) mass is 348 g/mol. The van der Waals surface area contributed by atoms with E-state index < -0.39 is 0 Å². The van der Waals surface area contributed by atoms with E-state index in [1.54, 1.807) is 24.3 Å². The minimum atomic E-state index is -0.339. The molecular formula is C20H16N2O4. The second kappa shape index (κ2) is 6.76. The van der Waals surface area contributed by atoms with Crippen LogP contribution in [0.5, 0.6) is 11.5 Å². The lowest BCUT2D eigenvalue weighted by Crippen LogP contribution is -2.16. The lowest BCUT2D eigenvalue weighted by molar-refractivity contribution is -0.111. The molecule has 2 aromatic carbocycles. The summed E-state index contributed by atoms with van der Waals surface area (Å²) in [5.41, 5.74) is 1.53. The largest absolute Gasteiger partial charge is 0.486 e. The molecular weight excluding hydrogens is 332 g/mol. The van der Waals surface area contributed by atoms with Crippen molar-refractivity contribution >= 4 is 28.6 Å². The standard InChI is InChI=1S/C20H16N2O4/c23-19(21-15-6-7-17-18(12-15)26-10-9-25-17)8-5-14-11-13-3-1-2-4-16(13)22-20(14)24/h1-8,11-12H,9-10H2,(H,21,23)(H,22,24)/b8-5+. The molecule has 26 heavy (non-hydrogen) atoms. The third-order valence-corrected chi connectivity index (χ3v) is 4.01. The highest BCUT2D eigenvalue weighted by atomic mass is 16.6. The van der Waals surface area contributed by atoms with Crippen molar-refractivity contribution in [2.24, 2.45) is 0 Å². The zero-order valence-corrected chi connectivity index (χ0v) is 13.8. The van der Waals surface area contributed by atoms with Gasteiger partial charge in [-0.2, -0.15) is 0 Å². The normalized spacial score (nSPS) is 13.1. The Morgan fingerprint density at radius 3 is 2.73 bits per heavy atom. The van der Waals surface area contributed by atoms with Gasteiger partial charge in [0.05, 0.1) is 0 Å². The number of carbonyl (C=O) groups is 1. The summed E-state index contributed by atoms with van der Waals surface area (Å²) in [4.78, 5) is 27.0. The molecule has 4 rings (SSSR count). The Labute approximate surface area is 149 Å². The molecule has 0 atom stereocenters. The maximum absolute atomic E-state index is 12.1. The molecule has 130 valence electrons. The topological polar surface area (TPSA) is 80.4 Å². The van der Waals surface area contributed by atoms with Crippen LogP contribution in [-0.4, -0.2) is 24.1 Å². The molecule has 6 nitrogen and oxygen atoms in total. The van der Waals surface area contributed by atoms with Crippen molar-refractivity contribution < 1.29 is 14.3 Å². The van der Waals surface area contributed by atoms with Crippen LogP contribution in [0.3, 0.4) is 0 Å². The number of aromatic nitrogens is 1. The highest BCUT2D eigenvalue weighted by Gasteiger charge is 2.12. The predicted molar refractivity (Wildman–Crippen MR) is 99.7 cm³/mol. The van der Waals surface area contributed by atoms with E-state index in [1.165, 1.54) is 12.2 Å². The van der Waals surface area contributed by atoms with Gasteiger partial charge in [0.15, 0.2) is 11.5 Å². The summed E-state index contributed by atoms with van der Waals surface area (Å²) in [7, 11) is 0. The first kappa shape index (κ1) is 16.0. The molecule has 1 amide bonds. The van der Waals surface area contributed by atoms with Gasteiger partial charge < -0.3 is 19.8 Å². The summed E-state index contributed by atoms with van der Waals surface area (Å²) in [5, 5.41) is 3.65. The second-order valence-corrected chi connectivity index (χ2v) is 5.82. The van der Waals surface area contributed by atoms with Crippen molar-refractivity contribution in [3.63, 3.8) is 0 Å². The number of anilines is 1. The summed E-state index contributed by atoms with van der Waals surface area (Å²) >= 11 is 0. The summed E-state index contributed by atoms with van der Waals surface area (Å²) in [6.07, 6.45) is 2.83. The van der Waals surface area contributed by atoms with Crippen LogP contribution < -0.4 is 20.3 Å². The highest BCUT2D eigenvalue weighted by Crippen LogP contribution is 2.32. The fraction of sp³-hybridized carbons (Fsp3) is 0.100. The Balaban J connectivity index is 1.51. The van der Waals surface area contributed by atoms with Crippen LogP contribution in [0.25, 0.3) is 17.0 Å². The first-order chi connectivity index (χ1) is 12.7. The van der Waals surface area contributed by atoms with Crippen molar-refractivity contribution in [1.29, 1.82) is 0 Å². The smallest absolute Gasteiger partial charge is 0.255 e. The van der Waals surface area contributed by atoms with Crippen molar-refractivity contribution in [3.8, 4) is 11.5 Å². The van der Waals surface area contributed by atoms with E-state index in [9.17, 15) is 9.59 Å². The van der Waals surface area contributed by atoms with Gasteiger partial charge in [-0.1, -0.05) is 18.2 Å². The zero-order chi connectivity index (χ0) is 17.9. The molecule has 0 saturated heterocycles. The van der Waals surface area contributed by atoms with Crippen molar-refractivity contribution in [1.82, 2.24) is 4.98 Å². The summed E-state index contributed by atoms with van der Waals surface area (Å²) in [6.45, 7) is 0.997. The summed E-state index contributed by atoms with van der Waals surface area (Å²) in [5.74, 6) is 0.922. The number of H-pyrrole nitrogens is 1. The Bertz CT molecular complexity index is 1070. The number of pyridine rings is 1. The first-order valence-corrected chi connectivity index (χ1v) is 8.20. The van der Waals surface area contributed by atoms with Crippen molar-refractivity contribution in [2.45, 2.75) is 0 Å². The second-order valence-electron chi connectivity index (χ2n) is 5.82. The number of aromatic amines is 1. The van der Waals surface area contributed by atoms with E-state index in [2.05, 4.69) is 10.3 Å². The minimum Gasteiger partial charge on any atom is -0.486 e. The predicted octanol–water partition coefficient (Wildman–Crippen LogP) is 2.95. The van der Waals surface area contributed by atoms with E-state index in [1.807, 2.05) is 24.3 Å². The van der Waals surface area contributed by atoms with Crippen LogP contribution >= 0.6 is 0 Å². The molecule has 0 fully saturated rings. The molecule has 3 aromatic rings. The molecule has 2 N–H and O–H groups in total. The van der Waals surface area contributed by atoms with Crippen LogP contribution in [0, 0.1) is 0 Å². The molecule has 0 unspecified atom stereocenters. The number of hydrogen-bond acceptors (Lipinski definition) is 4. The van der Waals surface area contributed by atoms with Crippen LogP contribution in [0.4, 0.5) is 5.69 Å². The number of fused-ring (bicyclic) bond motifs is 2. The number of rotatable bonds is 3. The SMILES string of the molecule is O=C(/C=C/c1cc2ccccc2[nH]c1=O)Nc1ccc2c(c1)OCCO2. The zero-order valence-electron chi connectivity index (χ0n) is 13.8. The van der Waals surface area contributed by atoms with E-state index in [0.29, 0.717) is 36.0 Å². The molecule has 0 spiro atoms. The Hall–Kier alpha value is -3.54. The van der Waals surface area contributed by atoms with Gasteiger partial charge in [-0.25, -0.2) is 0 Å². The average Bonchev–Trinajstić information content (AvgIpc) is 2.66. The van der Waals surface area contributed by atoms with E-state index in [-0.39, 0.29) is 11.5 Å². The molecule has 6 heteroatoms. The Morgan fingerprint density at radius 1 is 1.04 bits per heavy atom. The molecule has 2 heterocycles. The summed E-state index contributed by atoms with van der Waals surface area (Å²) in [6, 6.07) is 14.4. The van der Waals surface area contributed by atoms with Gasteiger partial charge in [-0.3, -0.25) is 9.59 Å². The number of benzene rings is 2. The van der Waals surface area contributed by atoms with Gasteiger partial charge >= 0.3 is 0 Å². The number of amides is 1. The molecule has 0 radical (unpaired) electrons. The Morgan fingerprint density at radius 2 is 1.85 bits per heavy atom. The lowest BCUT2D eigenvalue weighted by Gasteiger charge is -2.18. The van der Waals surface area contributed by atoms with Gasteiger partial charge in [0, 0.05) is 28.9 Å². The highest BCUT2D eigenvalue weighted by molar-refractivity contribution is 6.02. The number of para-hydroxylation sites is 1. The quantitative estimate of drug-likeness (QED) is 0.713. The molecule has 0 bridgehead atoms. The maximum Gasteiger partial charge on any atom is 0.255 e.